The molecule has 26 heavy (non-hydrogen) atoms. The summed E-state index contributed by atoms with van der Waals surface area (Å²) in [4.78, 5) is 16.6. The van der Waals surface area contributed by atoms with Crippen molar-refractivity contribution in [3.63, 3.8) is 0 Å². The van der Waals surface area contributed by atoms with E-state index in [9.17, 15) is 9.90 Å². The van der Waals surface area contributed by atoms with Crippen LogP contribution in [0.3, 0.4) is 0 Å². The van der Waals surface area contributed by atoms with Gasteiger partial charge >= 0.3 is 0 Å². The van der Waals surface area contributed by atoms with E-state index in [-0.39, 0.29) is 11.7 Å². The van der Waals surface area contributed by atoms with Crippen molar-refractivity contribution >= 4 is 17.5 Å². The summed E-state index contributed by atoms with van der Waals surface area (Å²) in [6.07, 6.45) is 0. The van der Waals surface area contributed by atoms with E-state index in [0.717, 1.165) is 30.9 Å². The fourth-order valence-electron chi connectivity index (χ4n) is 2.99. The molecule has 0 aromatic heterocycles. The van der Waals surface area contributed by atoms with Crippen LogP contribution in [0.5, 0.6) is 11.5 Å². The van der Waals surface area contributed by atoms with Crippen molar-refractivity contribution in [1.29, 1.82) is 0 Å². The van der Waals surface area contributed by atoms with Gasteiger partial charge in [-0.2, -0.15) is 0 Å². The molecular formula is C20H23ClN2O3. The van der Waals surface area contributed by atoms with Crippen molar-refractivity contribution in [2.75, 3.05) is 39.3 Å². The predicted octanol–water partition coefficient (Wildman–Crippen LogP) is 3.19. The maximum absolute atomic E-state index is 12.6. The standard InChI is InChI=1S/C20H23ClN2O3/c1-15-2-7-18(19(24)14-15)20(25)23-10-8-22(9-11-23)12-13-26-17-5-3-16(21)4-6-17/h2-7,14,24H,8-13H2,1H3. The zero-order valence-electron chi connectivity index (χ0n) is 14.8. The normalized spacial score (nSPS) is 15.1. The largest absolute Gasteiger partial charge is 0.507 e. The summed E-state index contributed by atoms with van der Waals surface area (Å²) in [5.74, 6) is 0.742. The highest BCUT2D eigenvalue weighted by atomic mass is 35.5. The average Bonchev–Trinajstić information content (AvgIpc) is 2.63. The molecule has 2 aromatic rings. The quantitative estimate of drug-likeness (QED) is 0.873. The van der Waals surface area contributed by atoms with Gasteiger partial charge in [-0.05, 0) is 48.9 Å². The lowest BCUT2D eigenvalue weighted by molar-refractivity contribution is 0.0617. The number of aryl methyl sites for hydroxylation is 1. The lowest BCUT2D eigenvalue weighted by Gasteiger charge is -2.34. The van der Waals surface area contributed by atoms with Crippen molar-refractivity contribution in [2.45, 2.75) is 6.92 Å². The van der Waals surface area contributed by atoms with Crippen molar-refractivity contribution in [2.24, 2.45) is 0 Å². The number of carbonyl (C=O) groups excluding carboxylic acids is 1. The molecule has 1 amide bonds. The maximum atomic E-state index is 12.6. The Hall–Kier alpha value is -2.24. The van der Waals surface area contributed by atoms with Crippen LogP contribution in [0.15, 0.2) is 42.5 Å². The number of piperazine rings is 1. The van der Waals surface area contributed by atoms with E-state index in [2.05, 4.69) is 4.90 Å². The van der Waals surface area contributed by atoms with E-state index < -0.39 is 0 Å². The number of halogens is 1. The van der Waals surface area contributed by atoms with E-state index in [0.29, 0.717) is 30.3 Å². The molecule has 5 nitrogen and oxygen atoms in total. The first-order valence-electron chi connectivity index (χ1n) is 8.72. The monoisotopic (exact) mass is 374 g/mol. The second-order valence-electron chi connectivity index (χ2n) is 6.46. The zero-order chi connectivity index (χ0) is 18.5. The molecule has 1 heterocycles. The van der Waals surface area contributed by atoms with E-state index in [4.69, 9.17) is 16.3 Å². The van der Waals surface area contributed by atoms with Gasteiger partial charge in [0.15, 0.2) is 0 Å². The minimum absolute atomic E-state index is 0.0498. The van der Waals surface area contributed by atoms with Crippen LogP contribution in [0.2, 0.25) is 5.02 Å². The summed E-state index contributed by atoms with van der Waals surface area (Å²) in [7, 11) is 0. The van der Waals surface area contributed by atoms with Crippen LogP contribution in [0.25, 0.3) is 0 Å². The molecule has 0 unspecified atom stereocenters. The maximum Gasteiger partial charge on any atom is 0.257 e. The van der Waals surface area contributed by atoms with Crippen molar-refractivity contribution in [3.8, 4) is 11.5 Å². The van der Waals surface area contributed by atoms with Crippen LogP contribution in [0.1, 0.15) is 15.9 Å². The molecule has 1 N–H and O–H groups in total. The van der Waals surface area contributed by atoms with Crippen LogP contribution in [0, 0.1) is 6.92 Å². The number of hydrogen-bond acceptors (Lipinski definition) is 4. The Labute approximate surface area is 158 Å². The number of nitrogens with zero attached hydrogens (tertiary/aromatic N) is 2. The van der Waals surface area contributed by atoms with Crippen LogP contribution < -0.4 is 4.74 Å². The number of phenols is 1. The minimum Gasteiger partial charge on any atom is -0.507 e. The minimum atomic E-state index is -0.112. The molecule has 2 aromatic carbocycles. The number of amides is 1. The van der Waals surface area contributed by atoms with Gasteiger partial charge in [-0.3, -0.25) is 9.69 Å². The SMILES string of the molecule is Cc1ccc(C(=O)N2CCN(CCOc3ccc(Cl)cc3)CC2)c(O)c1. The Morgan fingerprint density at radius 2 is 1.81 bits per heavy atom. The first-order valence-corrected chi connectivity index (χ1v) is 9.10. The number of rotatable bonds is 5. The number of benzene rings is 2. The third kappa shape index (κ3) is 4.68. The number of ether oxygens (including phenoxy) is 1. The first-order chi connectivity index (χ1) is 12.5. The fourth-order valence-corrected chi connectivity index (χ4v) is 3.12. The van der Waals surface area contributed by atoms with Gasteiger partial charge in [0.2, 0.25) is 0 Å². The summed E-state index contributed by atoms with van der Waals surface area (Å²) >= 11 is 5.86. The smallest absolute Gasteiger partial charge is 0.257 e. The lowest BCUT2D eigenvalue weighted by atomic mass is 10.1. The molecular weight excluding hydrogens is 352 g/mol. The number of carbonyl (C=O) groups is 1. The Morgan fingerprint density at radius 1 is 1.12 bits per heavy atom. The molecule has 0 bridgehead atoms. The van der Waals surface area contributed by atoms with Crippen molar-refractivity contribution < 1.29 is 14.6 Å². The van der Waals surface area contributed by atoms with Gasteiger partial charge in [-0.1, -0.05) is 17.7 Å². The van der Waals surface area contributed by atoms with E-state index in [1.807, 2.05) is 37.3 Å². The van der Waals surface area contributed by atoms with Crippen molar-refractivity contribution in [3.05, 3.63) is 58.6 Å². The summed E-state index contributed by atoms with van der Waals surface area (Å²) in [6.45, 7) is 6.17. The van der Waals surface area contributed by atoms with Crippen LogP contribution in [-0.4, -0.2) is 60.1 Å². The van der Waals surface area contributed by atoms with E-state index >= 15 is 0 Å². The van der Waals surface area contributed by atoms with Gasteiger partial charge in [0, 0.05) is 37.7 Å². The number of phenolic OH excluding ortho intramolecular Hbond substituents is 1. The Bertz CT molecular complexity index is 756. The Balaban J connectivity index is 1.45. The first kappa shape index (κ1) is 18.5. The van der Waals surface area contributed by atoms with E-state index in [1.54, 1.807) is 17.0 Å². The molecule has 1 fully saturated rings. The van der Waals surface area contributed by atoms with Crippen LogP contribution in [0.4, 0.5) is 0 Å². The number of aromatic hydroxyl groups is 1. The van der Waals surface area contributed by atoms with Gasteiger partial charge < -0.3 is 14.7 Å². The molecule has 138 valence electrons. The molecule has 3 rings (SSSR count). The zero-order valence-corrected chi connectivity index (χ0v) is 15.6. The Morgan fingerprint density at radius 3 is 2.46 bits per heavy atom. The molecule has 1 aliphatic rings. The summed E-state index contributed by atoms with van der Waals surface area (Å²) in [5, 5.41) is 10.7. The highest BCUT2D eigenvalue weighted by Crippen LogP contribution is 2.21. The highest BCUT2D eigenvalue weighted by Gasteiger charge is 2.23. The van der Waals surface area contributed by atoms with Gasteiger partial charge in [-0.25, -0.2) is 0 Å². The van der Waals surface area contributed by atoms with Crippen LogP contribution >= 0.6 is 11.6 Å². The Kier molecular flexibility index (Phi) is 6.01. The lowest BCUT2D eigenvalue weighted by Crippen LogP contribution is -2.49. The summed E-state index contributed by atoms with van der Waals surface area (Å²) < 4.78 is 5.72. The van der Waals surface area contributed by atoms with Gasteiger partial charge in [0.1, 0.15) is 18.1 Å². The van der Waals surface area contributed by atoms with Crippen LogP contribution in [-0.2, 0) is 0 Å². The van der Waals surface area contributed by atoms with Gasteiger partial charge in [-0.15, -0.1) is 0 Å². The second kappa shape index (κ2) is 8.43. The highest BCUT2D eigenvalue weighted by molar-refractivity contribution is 6.30. The number of hydrogen-bond donors (Lipinski definition) is 1. The fraction of sp³-hybridized carbons (Fsp3) is 0.350. The average molecular weight is 375 g/mol. The molecule has 0 spiro atoms. The summed E-state index contributed by atoms with van der Waals surface area (Å²) in [5.41, 5.74) is 1.31. The molecule has 0 saturated carbocycles. The molecule has 0 radical (unpaired) electrons. The topological polar surface area (TPSA) is 53.0 Å². The van der Waals surface area contributed by atoms with E-state index in [1.165, 1.54) is 0 Å². The molecule has 1 aliphatic heterocycles. The molecule has 0 atom stereocenters. The third-order valence-corrected chi connectivity index (χ3v) is 4.79. The third-order valence-electron chi connectivity index (χ3n) is 4.53. The second-order valence-corrected chi connectivity index (χ2v) is 6.89. The predicted molar refractivity (Wildman–Crippen MR) is 102 cm³/mol. The van der Waals surface area contributed by atoms with Crippen molar-refractivity contribution in [1.82, 2.24) is 9.80 Å². The summed E-state index contributed by atoms with van der Waals surface area (Å²) in [6, 6.07) is 12.5. The molecule has 1 saturated heterocycles. The molecule has 6 heteroatoms. The van der Waals surface area contributed by atoms with Gasteiger partial charge in [0.05, 0.1) is 5.56 Å². The molecule has 0 aliphatic carbocycles. The van der Waals surface area contributed by atoms with Gasteiger partial charge in [0.25, 0.3) is 5.91 Å².